The molecule has 1 heterocycles. The van der Waals surface area contributed by atoms with Gasteiger partial charge in [0, 0.05) is 12.5 Å². The Bertz CT molecular complexity index is 485. The number of ether oxygens (including phenoxy) is 4. The van der Waals surface area contributed by atoms with Gasteiger partial charge in [-0.3, -0.25) is 9.59 Å². The molecule has 8 nitrogen and oxygen atoms in total. The lowest BCUT2D eigenvalue weighted by Gasteiger charge is -2.35. The van der Waals surface area contributed by atoms with Crippen LogP contribution in [-0.2, 0) is 38.1 Å². The first-order chi connectivity index (χ1) is 10.0. The van der Waals surface area contributed by atoms with Gasteiger partial charge in [-0.05, 0) is 12.8 Å². The third-order valence-electron chi connectivity index (χ3n) is 3.43. The van der Waals surface area contributed by atoms with E-state index in [9.17, 15) is 19.2 Å². The van der Waals surface area contributed by atoms with Crippen LogP contribution in [0.2, 0.25) is 0 Å². The third-order valence-corrected chi connectivity index (χ3v) is 3.43. The summed E-state index contributed by atoms with van der Waals surface area (Å²) in [7, 11) is 0. The van der Waals surface area contributed by atoms with Crippen molar-refractivity contribution in [3.63, 3.8) is 0 Å². The van der Waals surface area contributed by atoms with Crippen molar-refractivity contribution in [2.24, 2.45) is 5.92 Å². The molecule has 1 saturated carbocycles. The minimum absolute atomic E-state index is 0.148. The van der Waals surface area contributed by atoms with Gasteiger partial charge < -0.3 is 18.9 Å². The Kier molecular flexibility index (Phi) is 4.25. The highest BCUT2D eigenvalue weighted by Gasteiger charge is 2.59. The van der Waals surface area contributed by atoms with Crippen molar-refractivity contribution >= 4 is 24.4 Å². The fourth-order valence-corrected chi connectivity index (χ4v) is 2.47. The van der Waals surface area contributed by atoms with Crippen LogP contribution >= 0.6 is 0 Å². The van der Waals surface area contributed by atoms with Gasteiger partial charge >= 0.3 is 17.9 Å². The maximum Gasteiger partial charge on any atom is 0.344 e. The molecular weight excluding hydrogens is 284 g/mol. The molecule has 114 valence electrons. The summed E-state index contributed by atoms with van der Waals surface area (Å²) in [6.45, 7) is 2.74. The topological polar surface area (TPSA) is 105 Å². The molecule has 1 saturated heterocycles. The molecule has 3 unspecified atom stereocenters. The van der Waals surface area contributed by atoms with Crippen LogP contribution in [0.1, 0.15) is 19.3 Å². The van der Waals surface area contributed by atoms with E-state index in [-0.39, 0.29) is 18.8 Å². The SMILES string of the molecule is C=CC(=O)OCC(=O)OC1CCC2CC1(OC=O)OC2=O. The van der Waals surface area contributed by atoms with Gasteiger partial charge in [-0.2, -0.15) is 0 Å². The zero-order chi connectivity index (χ0) is 15.5. The van der Waals surface area contributed by atoms with E-state index in [2.05, 4.69) is 11.3 Å². The average Bonchev–Trinajstić information content (AvgIpc) is 2.72. The number of fused-ring (bicyclic) bond motifs is 2. The Morgan fingerprint density at radius 3 is 2.86 bits per heavy atom. The average molecular weight is 298 g/mol. The predicted molar refractivity (Wildman–Crippen MR) is 64.3 cm³/mol. The minimum Gasteiger partial charge on any atom is -0.452 e. The lowest BCUT2D eigenvalue weighted by atomic mass is 9.85. The molecule has 0 amide bonds. The van der Waals surface area contributed by atoms with Crippen molar-refractivity contribution in [2.45, 2.75) is 31.2 Å². The number of hydrogen-bond acceptors (Lipinski definition) is 8. The Balaban J connectivity index is 1.99. The molecule has 0 N–H and O–H groups in total. The van der Waals surface area contributed by atoms with Gasteiger partial charge in [0.15, 0.2) is 12.7 Å². The first-order valence-corrected chi connectivity index (χ1v) is 6.33. The summed E-state index contributed by atoms with van der Waals surface area (Å²) in [6, 6.07) is 0. The molecule has 0 aromatic carbocycles. The molecule has 1 aliphatic heterocycles. The van der Waals surface area contributed by atoms with E-state index in [0.717, 1.165) is 6.08 Å². The van der Waals surface area contributed by atoms with Crippen molar-refractivity contribution in [3.8, 4) is 0 Å². The second-order valence-electron chi connectivity index (χ2n) is 4.72. The Morgan fingerprint density at radius 1 is 1.43 bits per heavy atom. The monoisotopic (exact) mass is 298 g/mol. The van der Waals surface area contributed by atoms with E-state index >= 15 is 0 Å². The summed E-state index contributed by atoms with van der Waals surface area (Å²) >= 11 is 0. The molecule has 2 fully saturated rings. The summed E-state index contributed by atoms with van der Waals surface area (Å²) in [5.74, 6) is -4.00. The van der Waals surface area contributed by atoms with Crippen molar-refractivity contribution < 1.29 is 38.1 Å². The van der Waals surface area contributed by atoms with E-state index in [0.29, 0.717) is 12.8 Å². The Hall–Kier alpha value is -2.38. The third kappa shape index (κ3) is 3.04. The first kappa shape index (κ1) is 15.0. The van der Waals surface area contributed by atoms with E-state index in [4.69, 9.17) is 14.2 Å². The molecule has 21 heavy (non-hydrogen) atoms. The molecule has 1 aliphatic carbocycles. The largest absolute Gasteiger partial charge is 0.452 e. The predicted octanol–water partition coefficient (Wildman–Crippen LogP) is -0.146. The summed E-state index contributed by atoms with van der Waals surface area (Å²) < 4.78 is 19.6. The fraction of sp³-hybridized carbons (Fsp3) is 0.538. The van der Waals surface area contributed by atoms with Crippen LogP contribution < -0.4 is 0 Å². The normalized spacial score (nSPS) is 30.0. The van der Waals surface area contributed by atoms with Crippen LogP contribution in [0.3, 0.4) is 0 Å². The number of rotatable bonds is 6. The van der Waals surface area contributed by atoms with E-state index in [1.165, 1.54) is 0 Å². The van der Waals surface area contributed by atoms with Gasteiger partial charge in [-0.25, -0.2) is 9.59 Å². The summed E-state index contributed by atoms with van der Waals surface area (Å²) in [4.78, 5) is 44.7. The molecule has 2 bridgehead atoms. The number of carbonyl (C=O) groups is 4. The van der Waals surface area contributed by atoms with Crippen LogP contribution in [-0.4, -0.2) is 42.9 Å². The number of carbonyl (C=O) groups excluding carboxylic acids is 4. The Labute approximate surface area is 120 Å². The smallest absolute Gasteiger partial charge is 0.344 e. The zero-order valence-electron chi connectivity index (χ0n) is 11.1. The van der Waals surface area contributed by atoms with Crippen LogP contribution in [0.4, 0.5) is 0 Å². The molecule has 2 rings (SSSR count). The Morgan fingerprint density at radius 2 is 2.19 bits per heavy atom. The van der Waals surface area contributed by atoms with Gasteiger partial charge in [0.25, 0.3) is 12.3 Å². The molecule has 0 aromatic heterocycles. The lowest BCUT2D eigenvalue weighted by Crippen LogP contribution is -2.49. The minimum atomic E-state index is -1.57. The van der Waals surface area contributed by atoms with E-state index < -0.39 is 36.4 Å². The van der Waals surface area contributed by atoms with Gasteiger partial charge in [0.1, 0.15) is 0 Å². The summed E-state index contributed by atoms with van der Waals surface area (Å²) in [5, 5.41) is 0. The second kappa shape index (κ2) is 5.94. The molecular formula is C13H14O8. The van der Waals surface area contributed by atoms with Crippen LogP contribution in [0, 0.1) is 5.92 Å². The van der Waals surface area contributed by atoms with E-state index in [1.807, 2.05) is 0 Å². The zero-order valence-corrected chi connectivity index (χ0v) is 11.1. The lowest BCUT2D eigenvalue weighted by molar-refractivity contribution is -0.248. The van der Waals surface area contributed by atoms with Gasteiger partial charge in [0.2, 0.25) is 0 Å². The molecule has 2 aliphatic rings. The van der Waals surface area contributed by atoms with Gasteiger partial charge in [-0.15, -0.1) is 0 Å². The van der Waals surface area contributed by atoms with Gasteiger partial charge in [0.05, 0.1) is 5.92 Å². The van der Waals surface area contributed by atoms with Crippen molar-refractivity contribution in [2.75, 3.05) is 6.61 Å². The molecule has 0 aromatic rings. The molecule has 3 atom stereocenters. The first-order valence-electron chi connectivity index (χ1n) is 6.33. The number of esters is 3. The summed E-state index contributed by atoms with van der Waals surface area (Å²) in [6.07, 6.45) is 0.919. The second-order valence-corrected chi connectivity index (χ2v) is 4.72. The quantitative estimate of drug-likeness (QED) is 0.288. The highest BCUT2D eigenvalue weighted by Crippen LogP contribution is 2.44. The maximum absolute atomic E-state index is 11.6. The molecule has 0 spiro atoms. The van der Waals surface area contributed by atoms with Crippen molar-refractivity contribution in [1.29, 1.82) is 0 Å². The van der Waals surface area contributed by atoms with Crippen LogP contribution in [0.5, 0.6) is 0 Å². The van der Waals surface area contributed by atoms with Crippen molar-refractivity contribution in [3.05, 3.63) is 12.7 Å². The number of hydrogen-bond donors (Lipinski definition) is 0. The highest BCUT2D eigenvalue weighted by molar-refractivity contribution is 5.83. The van der Waals surface area contributed by atoms with Crippen LogP contribution in [0.15, 0.2) is 12.7 Å². The highest BCUT2D eigenvalue weighted by atomic mass is 16.8. The molecule has 0 radical (unpaired) electrons. The van der Waals surface area contributed by atoms with Crippen LogP contribution in [0.25, 0.3) is 0 Å². The van der Waals surface area contributed by atoms with Crippen molar-refractivity contribution in [1.82, 2.24) is 0 Å². The maximum atomic E-state index is 11.6. The standard InChI is InChI=1S/C13H14O8/c1-2-10(15)18-6-11(16)20-9-4-3-8-5-13(9,19-7-14)21-12(8)17/h2,7-9H,1,3-6H2. The fourth-order valence-electron chi connectivity index (χ4n) is 2.47. The molecule has 8 heteroatoms. The summed E-state index contributed by atoms with van der Waals surface area (Å²) in [5.41, 5.74) is 0. The van der Waals surface area contributed by atoms with E-state index in [1.54, 1.807) is 0 Å². The van der Waals surface area contributed by atoms with Gasteiger partial charge in [-0.1, -0.05) is 6.58 Å².